The zero-order valence-corrected chi connectivity index (χ0v) is 14.5. The summed E-state index contributed by atoms with van der Waals surface area (Å²) >= 11 is 0. The van der Waals surface area contributed by atoms with E-state index in [1.165, 1.54) is 44.9 Å². The smallest absolute Gasteiger partial charge is 0.0710 e. The van der Waals surface area contributed by atoms with Gasteiger partial charge in [0.2, 0.25) is 0 Å². The van der Waals surface area contributed by atoms with Gasteiger partial charge in [-0.15, -0.1) is 0 Å². The van der Waals surface area contributed by atoms with E-state index < -0.39 is 0 Å². The Bertz CT molecular complexity index is 371. The van der Waals surface area contributed by atoms with E-state index in [1.54, 1.807) is 0 Å². The van der Waals surface area contributed by atoms with Gasteiger partial charge in [-0.2, -0.15) is 0 Å². The quantitative estimate of drug-likeness (QED) is 0.845. The fourth-order valence-corrected chi connectivity index (χ4v) is 4.63. The summed E-state index contributed by atoms with van der Waals surface area (Å²) in [6.45, 7) is 12.6. The van der Waals surface area contributed by atoms with Gasteiger partial charge in [-0.05, 0) is 53.4 Å². The summed E-state index contributed by atoms with van der Waals surface area (Å²) in [5, 5.41) is 3.81. The summed E-state index contributed by atoms with van der Waals surface area (Å²) in [5.74, 6) is 0. The first-order chi connectivity index (χ1) is 9.80. The van der Waals surface area contributed by atoms with Gasteiger partial charge in [0.1, 0.15) is 0 Å². The highest BCUT2D eigenvalue weighted by Gasteiger charge is 2.46. The van der Waals surface area contributed by atoms with Crippen molar-refractivity contribution in [3.8, 4) is 0 Å². The average molecular weight is 294 g/mol. The van der Waals surface area contributed by atoms with Crippen LogP contribution in [0.3, 0.4) is 0 Å². The first kappa shape index (κ1) is 15.8. The molecule has 3 aliphatic rings. The maximum Gasteiger partial charge on any atom is 0.0710 e. The van der Waals surface area contributed by atoms with Gasteiger partial charge in [0.05, 0.1) is 11.7 Å². The van der Waals surface area contributed by atoms with Crippen molar-refractivity contribution < 1.29 is 4.74 Å². The number of piperazine rings is 1. The molecule has 0 aromatic carbocycles. The van der Waals surface area contributed by atoms with Gasteiger partial charge >= 0.3 is 0 Å². The summed E-state index contributed by atoms with van der Waals surface area (Å²) in [6, 6.07) is 0. The number of nitrogens with zero attached hydrogens (tertiary/aromatic N) is 1. The summed E-state index contributed by atoms with van der Waals surface area (Å²) in [4.78, 5) is 2.80. The van der Waals surface area contributed by atoms with Gasteiger partial charge in [-0.3, -0.25) is 4.90 Å². The van der Waals surface area contributed by atoms with Crippen LogP contribution in [0.25, 0.3) is 0 Å². The Kier molecular flexibility index (Phi) is 4.13. The average Bonchev–Trinajstić information content (AvgIpc) is 2.75. The first-order valence-electron chi connectivity index (χ1n) is 8.98. The maximum atomic E-state index is 6.29. The normalized spacial score (nSPS) is 35.1. The molecular weight excluding hydrogens is 260 g/mol. The predicted octanol–water partition coefficient (Wildman–Crippen LogP) is 3.33. The number of nitrogens with one attached hydrogen (secondary N) is 1. The Labute approximate surface area is 130 Å². The zero-order valence-electron chi connectivity index (χ0n) is 14.5. The predicted molar refractivity (Wildman–Crippen MR) is 87.7 cm³/mol. The molecule has 0 radical (unpaired) electrons. The molecule has 3 nitrogen and oxygen atoms in total. The molecule has 1 saturated carbocycles. The molecule has 2 saturated heterocycles. The summed E-state index contributed by atoms with van der Waals surface area (Å²) in [6.07, 6.45) is 9.83. The van der Waals surface area contributed by atoms with E-state index in [9.17, 15) is 0 Å². The van der Waals surface area contributed by atoms with Crippen molar-refractivity contribution >= 4 is 0 Å². The lowest BCUT2D eigenvalue weighted by Crippen LogP contribution is -2.69. The van der Waals surface area contributed by atoms with Gasteiger partial charge in [0, 0.05) is 30.7 Å². The van der Waals surface area contributed by atoms with E-state index in [0.717, 1.165) is 19.6 Å². The molecule has 0 amide bonds. The van der Waals surface area contributed by atoms with Gasteiger partial charge in [-0.1, -0.05) is 19.3 Å². The topological polar surface area (TPSA) is 24.5 Å². The second-order valence-corrected chi connectivity index (χ2v) is 8.94. The molecule has 1 aliphatic carbocycles. The van der Waals surface area contributed by atoms with E-state index in [-0.39, 0.29) is 11.1 Å². The number of rotatable bonds is 2. The standard InChI is InChI=1S/C18H34N2O/c1-16(2)14-20(12-15-8-11-17(3,4)21-15)18(13-19-16)9-6-5-7-10-18/h15,19H,5-14H2,1-4H3. The van der Waals surface area contributed by atoms with Crippen LogP contribution in [0.5, 0.6) is 0 Å². The molecule has 0 bridgehead atoms. The van der Waals surface area contributed by atoms with Crippen molar-refractivity contribution in [2.75, 3.05) is 19.6 Å². The fourth-order valence-electron chi connectivity index (χ4n) is 4.63. The SMILES string of the molecule is CC1(C)CN(CC2CCC(C)(C)O2)C2(CCCCC2)CN1. The highest BCUT2D eigenvalue weighted by Crippen LogP contribution is 2.39. The molecule has 3 rings (SSSR count). The lowest BCUT2D eigenvalue weighted by Gasteiger charge is -2.55. The molecule has 0 aromatic heterocycles. The zero-order chi connectivity index (χ0) is 15.1. The molecule has 0 aromatic rings. The Balaban J connectivity index is 1.71. The summed E-state index contributed by atoms with van der Waals surface area (Å²) in [7, 11) is 0. The second kappa shape index (κ2) is 5.50. The van der Waals surface area contributed by atoms with E-state index in [2.05, 4.69) is 37.9 Å². The lowest BCUT2D eigenvalue weighted by molar-refractivity contribution is -0.0710. The molecular formula is C18H34N2O. The van der Waals surface area contributed by atoms with Gasteiger partial charge in [-0.25, -0.2) is 0 Å². The van der Waals surface area contributed by atoms with Crippen LogP contribution in [-0.4, -0.2) is 47.3 Å². The van der Waals surface area contributed by atoms with Crippen LogP contribution in [0, 0.1) is 0 Å². The third-order valence-corrected chi connectivity index (χ3v) is 5.92. The van der Waals surface area contributed by atoms with Gasteiger partial charge < -0.3 is 10.1 Å². The van der Waals surface area contributed by atoms with E-state index in [4.69, 9.17) is 4.74 Å². The molecule has 1 unspecified atom stereocenters. The van der Waals surface area contributed by atoms with Crippen LogP contribution < -0.4 is 5.32 Å². The Morgan fingerprint density at radius 3 is 2.38 bits per heavy atom. The molecule has 1 N–H and O–H groups in total. The Hall–Kier alpha value is -0.120. The van der Waals surface area contributed by atoms with E-state index in [1.807, 2.05) is 0 Å². The minimum absolute atomic E-state index is 0.0912. The van der Waals surface area contributed by atoms with E-state index in [0.29, 0.717) is 11.6 Å². The number of ether oxygens (including phenoxy) is 1. The van der Waals surface area contributed by atoms with Crippen molar-refractivity contribution in [3.05, 3.63) is 0 Å². The number of hydrogen-bond acceptors (Lipinski definition) is 3. The van der Waals surface area contributed by atoms with Gasteiger partial charge in [0.15, 0.2) is 0 Å². The molecule has 1 atom stereocenters. The van der Waals surface area contributed by atoms with Crippen molar-refractivity contribution in [1.82, 2.24) is 10.2 Å². The first-order valence-corrected chi connectivity index (χ1v) is 8.98. The van der Waals surface area contributed by atoms with Crippen molar-refractivity contribution in [1.29, 1.82) is 0 Å². The van der Waals surface area contributed by atoms with Crippen LogP contribution in [0.4, 0.5) is 0 Å². The van der Waals surface area contributed by atoms with Crippen molar-refractivity contribution in [3.63, 3.8) is 0 Å². The highest BCUT2D eigenvalue weighted by atomic mass is 16.5. The molecule has 21 heavy (non-hydrogen) atoms. The lowest BCUT2D eigenvalue weighted by atomic mass is 9.76. The molecule has 122 valence electrons. The monoisotopic (exact) mass is 294 g/mol. The van der Waals surface area contributed by atoms with Crippen LogP contribution >= 0.6 is 0 Å². The minimum Gasteiger partial charge on any atom is -0.371 e. The Morgan fingerprint density at radius 1 is 1.05 bits per heavy atom. The van der Waals surface area contributed by atoms with Gasteiger partial charge in [0.25, 0.3) is 0 Å². The summed E-state index contributed by atoms with van der Waals surface area (Å²) in [5.41, 5.74) is 0.731. The highest BCUT2D eigenvalue weighted by molar-refractivity contribution is 5.04. The van der Waals surface area contributed by atoms with Crippen LogP contribution in [0.1, 0.15) is 72.6 Å². The summed E-state index contributed by atoms with van der Waals surface area (Å²) < 4.78 is 6.29. The van der Waals surface area contributed by atoms with Crippen LogP contribution in [0.2, 0.25) is 0 Å². The second-order valence-electron chi connectivity index (χ2n) is 8.94. The molecule has 3 fully saturated rings. The largest absolute Gasteiger partial charge is 0.371 e. The third kappa shape index (κ3) is 3.46. The maximum absolute atomic E-state index is 6.29. The molecule has 2 aliphatic heterocycles. The Morgan fingerprint density at radius 2 is 1.76 bits per heavy atom. The number of hydrogen-bond donors (Lipinski definition) is 1. The van der Waals surface area contributed by atoms with Crippen LogP contribution in [-0.2, 0) is 4.74 Å². The van der Waals surface area contributed by atoms with Crippen LogP contribution in [0.15, 0.2) is 0 Å². The van der Waals surface area contributed by atoms with Crippen molar-refractivity contribution in [2.24, 2.45) is 0 Å². The minimum atomic E-state index is 0.0912. The molecule has 2 heterocycles. The molecule has 3 heteroatoms. The fraction of sp³-hybridized carbons (Fsp3) is 1.00. The van der Waals surface area contributed by atoms with Crippen molar-refractivity contribution in [2.45, 2.75) is 95.4 Å². The van der Waals surface area contributed by atoms with E-state index >= 15 is 0 Å². The molecule has 1 spiro atoms. The third-order valence-electron chi connectivity index (χ3n) is 5.92.